The number of rotatable bonds is 8. The predicted octanol–water partition coefficient (Wildman–Crippen LogP) is 2.83. The van der Waals surface area contributed by atoms with Gasteiger partial charge in [0.1, 0.15) is 11.5 Å². The Morgan fingerprint density at radius 1 is 1.35 bits per heavy atom. The van der Waals surface area contributed by atoms with Crippen molar-refractivity contribution in [3.05, 3.63) is 23.8 Å². The number of benzene rings is 1. The number of nitrogens with one attached hydrogen (secondary N) is 1. The van der Waals surface area contributed by atoms with E-state index in [2.05, 4.69) is 5.32 Å². The van der Waals surface area contributed by atoms with Crippen LogP contribution in [-0.4, -0.2) is 61.4 Å². The van der Waals surface area contributed by atoms with E-state index in [1.54, 1.807) is 13.2 Å². The van der Waals surface area contributed by atoms with Gasteiger partial charge in [-0.15, -0.1) is 12.4 Å². The van der Waals surface area contributed by atoms with Gasteiger partial charge in [-0.05, 0) is 45.4 Å². The van der Waals surface area contributed by atoms with Crippen LogP contribution in [0.3, 0.4) is 0 Å². The molecule has 0 bridgehead atoms. The van der Waals surface area contributed by atoms with Gasteiger partial charge in [-0.25, -0.2) is 0 Å². The van der Waals surface area contributed by atoms with Gasteiger partial charge in [0.15, 0.2) is 0 Å². The Kier molecular flexibility index (Phi) is 9.76. The van der Waals surface area contributed by atoms with Crippen LogP contribution in [0.1, 0.15) is 43.5 Å². The number of nitrogens with zero attached hydrogens (tertiary/aromatic N) is 1. The summed E-state index contributed by atoms with van der Waals surface area (Å²) in [5.41, 5.74) is 0.459. The fourth-order valence-electron chi connectivity index (χ4n) is 3.23. The van der Waals surface area contributed by atoms with Crippen LogP contribution in [0.15, 0.2) is 18.2 Å². The van der Waals surface area contributed by atoms with E-state index < -0.39 is 0 Å². The molecule has 0 saturated carbocycles. The molecular formula is C19H31ClN2O4. The molecule has 26 heavy (non-hydrogen) atoms. The van der Waals surface area contributed by atoms with Crippen LogP contribution in [0.25, 0.3) is 0 Å². The van der Waals surface area contributed by atoms with Gasteiger partial charge in [0, 0.05) is 50.4 Å². The Labute approximate surface area is 162 Å². The average molecular weight is 387 g/mol. The van der Waals surface area contributed by atoms with Gasteiger partial charge >= 0.3 is 0 Å². The average Bonchev–Trinajstić information content (AvgIpc) is 2.59. The first kappa shape index (κ1) is 22.5. The van der Waals surface area contributed by atoms with Gasteiger partial charge in [-0.2, -0.15) is 0 Å². The Balaban J connectivity index is 0.00000338. The molecule has 0 aromatic heterocycles. The van der Waals surface area contributed by atoms with Crippen molar-refractivity contribution in [1.29, 1.82) is 0 Å². The number of phenolic OH excluding ortho intramolecular Hbond substituents is 1. The smallest absolute Gasteiger partial charge is 0.254 e. The fourth-order valence-corrected chi connectivity index (χ4v) is 3.23. The normalized spacial score (nSPS) is 16.8. The maximum Gasteiger partial charge on any atom is 0.254 e. The molecule has 7 heteroatoms. The molecule has 1 aromatic carbocycles. The summed E-state index contributed by atoms with van der Waals surface area (Å²) in [6.45, 7) is 6.95. The zero-order chi connectivity index (χ0) is 18.2. The van der Waals surface area contributed by atoms with E-state index in [0.717, 1.165) is 32.4 Å². The molecule has 2 rings (SSSR count). The number of carbonyl (C=O) groups excluding carboxylic acids is 1. The highest BCUT2D eigenvalue weighted by Crippen LogP contribution is 2.25. The lowest BCUT2D eigenvalue weighted by molar-refractivity contribution is 0.0572. The molecule has 1 saturated heterocycles. The van der Waals surface area contributed by atoms with Crippen molar-refractivity contribution in [1.82, 2.24) is 10.2 Å². The van der Waals surface area contributed by atoms with Crippen molar-refractivity contribution in [3.8, 4) is 11.5 Å². The topological polar surface area (TPSA) is 71.0 Å². The second kappa shape index (κ2) is 11.3. The lowest BCUT2D eigenvalue weighted by atomic mass is 10.0. The molecule has 1 amide bonds. The quantitative estimate of drug-likeness (QED) is 0.672. The van der Waals surface area contributed by atoms with Crippen molar-refractivity contribution >= 4 is 18.3 Å². The van der Waals surface area contributed by atoms with E-state index in [1.807, 2.05) is 18.7 Å². The first-order valence-corrected chi connectivity index (χ1v) is 9.02. The summed E-state index contributed by atoms with van der Waals surface area (Å²) in [5, 5.41) is 13.3. The molecule has 1 fully saturated rings. The Morgan fingerprint density at radius 2 is 2.12 bits per heavy atom. The minimum Gasteiger partial charge on any atom is -0.508 e. The summed E-state index contributed by atoms with van der Waals surface area (Å²) in [4.78, 5) is 15.0. The lowest BCUT2D eigenvalue weighted by Gasteiger charge is -2.37. The predicted molar refractivity (Wildman–Crippen MR) is 105 cm³/mol. The zero-order valence-electron chi connectivity index (χ0n) is 15.9. The molecule has 0 unspecified atom stereocenters. The standard InChI is InChI=1S/C19H30N2O4.ClH/c1-14(2)21(16-6-4-7-20-13-16)19(23)15-10-17(22)12-18(11-15)25-9-5-8-24-3;/h10-12,14,16,20,22H,4-9,13H2,1-3H3;1H/t16-;/m1./s1. The van der Waals surface area contributed by atoms with E-state index >= 15 is 0 Å². The number of phenols is 1. The molecule has 6 nitrogen and oxygen atoms in total. The van der Waals surface area contributed by atoms with Crippen LogP contribution in [0.4, 0.5) is 0 Å². The molecule has 1 aromatic rings. The van der Waals surface area contributed by atoms with Crippen LogP contribution >= 0.6 is 12.4 Å². The van der Waals surface area contributed by atoms with Crippen LogP contribution in [0.2, 0.25) is 0 Å². The van der Waals surface area contributed by atoms with E-state index in [-0.39, 0.29) is 36.1 Å². The Morgan fingerprint density at radius 3 is 2.73 bits per heavy atom. The molecule has 1 aliphatic heterocycles. The lowest BCUT2D eigenvalue weighted by Crippen LogP contribution is -2.51. The summed E-state index contributed by atoms with van der Waals surface area (Å²) >= 11 is 0. The van der Waals surface area contributed by atoms with Gasteiger partial charge in [0.2, 0.25) is 0 Å². The number of aromatic hydroxyl groups is 1. The largest absolute Gasteiger partial charge is 0.508 e. The number of halogens is 1. The van der Waals surface area contributed by atoms with E-state index in [1.165, 1.54) is 12.1 Å². The Hall–Kier alpha value is -1.50. The van der Waals surface area contributed by atoms with Gasteiger partial charge < -0.3 is 24.8 Å². The van der Waals surface area contributed by atoms with Gasteiger partial charge in [-0.3, -0.25) is 4.79 Å². The molecule has 148 valence electrons. The number of methoxy groups -OCH3 is 1. The molecule has 0 spiro atoms. The molecule has 0 aliphatic carbocycles. The maximum atomic E-state index is 13.1. The summed E-state index contributed by atoms with van der Waals surface area (Å²) in [7, 11) is 1.64. The van der Waals surface area contributed by atoms with Crippen LogP contribution < -0.4 is 10.1 Å². The Bertz CT molecular complexity index is 562. The molecule has 1 aliphatic rings. The minimum atomic E-state index is -0.0682. The van der Waals surface area contributed by atoms with Crippen molar-refractivity contribution in [2.75, 3.05) is 33.4 Å². The van der Waals surface area contributed by atoms with Gasteiger partial charge in [0.25, 0.3) is 5.91 Å². The second-order valence-corrected chi connectivity index (χ2v) is 6.72. The number of hydrogen-bond donors (Lipinski definition) is 2. The number of hydrogen-bond acceptors (Lipinski definition) is 5. The van der Waals surface area contributed by atoms with Crippen molar-refractivity contribution in [3.63, 3.8) is 0 Å². The highest BCUT2D eigenvalue weighted by Gasteiger charge is 2.28. The highest BCUT2D eigenvalue weighted by atomic mass is 35.5. The SMILES string of the molecule is COCCCOc1cc(O)cc(C(=O)N(C(C)C)[C@@H]2CCCNC2)c1.Cl. The maximum absolute atomic E-state index is 13.1. The van der Waals surface area contributed by atoms with Crippen LogP contribution in [0.5, 0.6) is 11.5 Å². The third-order valence-electron chi connectivity index (χ3n) is 4.35. The van der Waals surface area contributed by atoms with Gasteiger partial charge in [0.05, 0.1) is 6.61 Å². The monoisotopic (exact) mass is 386 g/mol. The van der Waals surface area contributed by atoms with E-state index in [4.69, 9.17) is 9.47 Å². The third-order valence-corrected chi connectivity index (χ3v) is 4.35. The van der Waals surface area contributed by atoms with E-state index in [0.29, 0.717) is 24.5 Å². The summed E-state index contributed by atoms with van der Waals surface area (Å²) in [6.07, 6.45) is 2.81. The molecule has 1 atom stereocenters. The minimum absolute atomic E-state index is 0. The second-order valence-electron chi connectivity index (χ2n) is 6.72. The van der Waals surface area contributed by atoms with Crippen molar-refractivity contribution < 1.29 is 19.4 Å². The van der Waals surface area contributed by atoms with Crippen LogP contribution in [0, 0.1) is 0 Å². The number of ether oxygens (including phenoxy) is 2. The first-order valence-electron chi connectivity index (χ1n) is 9.02. The highest BCUT2D eigenvalue weighted by molar-refractivity contribution is 5.95. The van der Waals surface area contributed by atoms with Crippen molar-refractivity contribution in [2.24, 2.45) is 0 Å². The van der Waals surface area contributed by atoms with E-state index in [9.17, 15) is 9.90 Å². The molecule has 1 heterocycles. The summed E-state index contributed by atoms with van der Waals surface area (Å²) in [5.74, 6) is 0.476. The van der Waals surface area contributed by atoms with Crippen LogP contribution in [-0.2, 0) is 4.74 Å². The van der Waals surface area contributed by atoms with Crippen molar-refractivity contribution in [2.45, 2.75) is 45.2 Å². The molecule has 2 N–H and O–H groups in total. The summed E-state index contributed by atoms with van der Waals surface area (Å²) in [6, 6.07) is 5.02. The first-order chi connectivity index (χ1) is 12.0. The molecule has 0 radical (unpaired) electrons. The summed E-state index contributed by atoms with van der Waals surface area (Å²) < 4.78 is 10.6. The molecular weight excluding hydrogens is 356 g/mol. The van der Waals surface area contributed by atoms with Gasteiger partial charge in [-0.1, -0.05) is 0 Å². The third kappa shape index (κ3) is 6.34. The number of piperidine rings is 1. The number of amides is 1. The fraction of sp³-hybridized carbons (Fsp3) is 0.632. The number of carbonyl (C=O) groups is 1. The zero-order valence-corrected chi connectivity index (χ0v) is 16.7.